The first-order valence-electron chi connectivity index (χ1n) is 6.95. The molecule has 20 heavy (non-hydrogen) atoms. The molecule has 0 atom stereocenters. The van der Waals surface area contributed by atoms with Gasteiger partial charge in [0, 0.05) is 19.5 Å². The highest BCUT2D eigenvalue weighted by Gasteiger charge is 2.32. The Labute approximate surface area is 120 Å². The van der Waals surface area contributed by atoms with Gasteiger partial charge in [0.05, 0.1) is 0 Å². The zero-order chi connectivity index (χ0) is 15.2. The summed E-state index contributed by atoms with van der Waals surface area (Å²) in [6.45, 7) is 8.17. The van der Waals surface area contributed by atoms with Crippen molar-refractivity contribution >= 4 is 11.9 Å². The van der Waals surface area contributed by atoms with Crippen LogP contribution in [0.4, 0.5) is 4.79 Å². The number of rotatable bonds is 6. The fourth-order valence-corrected chi connectivity index (χ4v) is 1.82. The topological polar surface area (TPSA) is 46.6 Å². The van der Waals surface area contributed by atoms with Crippen LogP contribution in [-0.2, 0) is 16.0 Å². The lowest BCUT2D eigenvalue weighted by atomic mass is 9.97. The molecule has 0 fully saturated rings. The molecule has 0 saturated heterocycles. The van der Waals surface area contributed by atoms with Crippen LogP contribution in [0.2, 0.25) is 0 Å². The Balaban J connectivity index is 2.68. The quantitative estimate of drug-likeness (QED) is 0.803. The van der Waals surface area contributed by atoms with Gasteiger partial charge in [-0.25, -0.2) is 4.79 Å². The van der Waals surface area contributed by atoms with Crippen molar-refractivity contribution in [2.75, 3.05) is 13.1 Å². The van der Waals surface area contributed by atoms with E-state index in [0.717, 1.165) is 5.56 Å². The number of hydrogen-bond donors (Lipinski definition) is 0. The number of ether oxygens (including phenoxy) is 1. The highest BCUT2D eigenvalue weighted by molar-refractivity contribution is 5.90. The number of ketones is 1. The molecule has 0 bridgehead atoms. The highest BCUT2D eigenvalue weighted by atomic mass is 16.6. The van der Waals surface area contributed by atoms with Gasteiger partial charge in [0.25, 0.3) is 0 Å². The van der Waals surface area contributed by atoms with Gasteiger partial charge in [-0.15, -0.1) is 0 Å². The third-order valence-corrected chi connectivity index (χ3v) is 3.24. The standard InChI is InChI=1S/C16H23NO3/c1-5-17(6-2)15(19)20-16(3,4)14(18)12-13-10-8-7-9-11-13/h7-11H,5-6,12H2,1-4H3. The van der Waals surface area contributed by atoms with Crippen molar-refractivity contribution in [2.45, 2.75) is 39.7 Å². The molecule has 1 rings (SSSR count). The Bertz CT molecular complexity index is 450. The molecule has 1 aromatic rings. The lowest BCUT2D eigenvalue weighted by molar-refractivity contribution is -0.134. The van der Waals surface area contributed by atoms with Crippen LogP contribution in [0.1, 0.15) is 33.3 Å². The van der Waals surface area contributed by atoms with Crippen LogP contribution in [0, 0.1) is 0 Å². The molecule has 1 aromatic carbocycles. The minimum atomic E-state index is -1.12. The number of amides is 1. The van der Waals surface area contributed by atoms with Crippen LogP contribution in [-0.4, -0.2) is 35.5 Å². The van der Waals surface area contributed by atoms with E-state index in [1.807, 2.05) is 44.2 Å². The Morgan fingerprint density at radius 3 is 2.15 bits per heavy atom. The van der Waals surface area contributed by atoms with E-state index in [1.54, 1.807) is 18.7 Å². The van der Waals surface area contributed by atoms with E-state index in [1.165, 1.54) is 0 Å². The van der Waals surface area contributed by atoms with Gasteiger partial charge in [-0.05, 0) is 33.3 Å². The predicted octanol–water partition coefficient (Wildman–Crippen LogP) is 3.06. The lowest BCUT2D eigenvalue weighted by Crippen LogP contribution is -2.43. The van der Waals surface area contributed by atoms with E-state index in [4.69, 9.17) is 4.74 Å². The van der Waals surface area contributed by atoms with Crippen LogP contribution in [0.5, 0.6) is 0 Å². The maximum atomic E-state index is 12.3. The predicted molar refractivity (Wildman–Crippen MR) is 78.6 cm³/mol. The Morgan fingerprint density at radius 2 is 1.65 bits per heavy atom. The SMILES string of the molecule is CCN(CC)C(=O)OC(C)(C)C(=O)Cc1ccccc1. The first-order chi connectivity index (χ1) is 9.40. The van der Waals surface area contributed by atoms with Gasteiger partial charge in [0.2, 0.25) is 0 Å². The Morgan fingerprint density at radius 1 is 1.10 bits per heavy atom. The van der Waals surface area contributed by atoms with E-state index in [9.17, 15) is 9.59 Å². The molecule has 0 N–H and O–H groups in total. The summed E-state index contributed by atoms with van der Waals surface area (Å²) in [4.78, 5) is 25.8. The third kappa shape index (κ3) is 4.37. The molecule has 0 unspecified atom stereocenters. The number of hydrogen-bond acceptors (Lipinski definition) is 3. The van der Waals surface area contributed by atoms with E-state index in [0.29, 0.717) is 13.1 Å². The number of benzene rings is 1. The van der Waals surface area contributed by atoms with Gasteiger partial charge >= 0.3 is 6.09 Å². The van der Waals surface area contributed by atoms with Gasteiger partial charge in [0.1, 0.15) is 0 Å². The number of carbonyl (C=O) groups excluding carboxylic acids is 2. The number of nitrogens with zero attached hydrogens (tertiary/aromatic N) is 1. The molecular formula is C16H23NO3. The number of Topliss-reactive ketones (excluding diaryl/α,β-unsaturated/α-hetero) is 1. The number of carbonyl (C=O) groups is 2. The van der Waals surface area contributed by atoms with Gasteiger partial charge < -0.3 is 9.64 Å². The minimum Gasteiger partial charge on any atom is -0.435 e. The first-order valence-corrected chi connectivity index (χ1v) is 6.95. The molecular weight excluding hydrogens is 254 g/mol. The second-order valence-electron chi connectivity index (χ2n) is 5.14. The summed E-state index contributed by atoms with van der Waals surface area (Å²) in [5.74, 6) is -0.107. The third-order valence-electron chi connectivity index (χ3n) is 3.24. The van der Waals surface area contributed by atoms with Crippen LogP contribution in [0.15, 0.2) is 30.3 Å². The Kier molecular flexibility index (Phi) is 5.74. The smallest absolute Gasteiger partial charge is 0.410 e. The summed E-state index contributed by atoms with van der Waals surface area (Å²) in [5, 5.41) is 0. The molecule has 4 nitrogen and oxygen atoms in total. The van der Waals surface area contributed by atoms with Crippen molar-refractivity contribution < 1.29 is 14.3 Å². The summed E-state index contributed by atoms with van der Waals surface area (Å²) in [6, 6.07) is 9.45. The van der Waals surface area contributed by atoms with Crippen LogP contribution < -0.4 is 0 Å². The molecule has 4 heteroatoms. The molecule has 110 valence electrons. The summed E-state index contributed by atoms with van der Waals surface area (Å²) < 4.78 is 5.35. The van der Waals surface area contributed by atoms with Crippen molar-refractivity contribution in [1.82, 2.24) is 4.90 Å². The molecule has 0 saturated carbocycles. The maximum absolute atomic E-state index is 12.3. The van der Waals surface area contributed by atoms with Crippen molar-refractivity contribution in [1.29, 1.82) is 0 Å². The van der Waals surface area contributed by atoms with Gasteiger partial charge in [0.15, 0.2) is 11.4 Å². The second kappa shape index (κ2) is 7.08. The molecule has 0 radical (unpaired) electrons. The average molecular weight is 277 g/mol. The highest BCUT2D eigenvalue weighted by Crippen LogP contribution is 2.16. The van der Waals surface area contributed by atoms with Crippen molar-refractivity contribution in [3.05, 3.63) is 35.9 Å². The fraction of sp³-hybridized carbons (Fsp3) is 0.500. The van der Waals surface area contributed by atoms with E-state index >= 15 is 0 Å². The van der Waals surface area contributed by atoms with Gasteiger partial charge in [-0.3, -0.25) is 4.79 Å². The second-order valence-corrected chi connectivity index (χ2v) is 5.14. The maximum Gasteiger partial charge on any atom is 0.410 e. The molecule has 0 aliphatic heterocycles. The Hall–Kier alpha value is -1.84. The summed E-state index contributed by atoms with van der Waals surface area (Å²) in [7, 11) is 0. The zero-order valence-corrected chi connectivity index (χ0v) is 12.7. The van der Waals surface area contributed by atoms with Crippen molar-refractivity contribution in [3.8, 4) is 0 Å². The van der Waals surface area contributed by atoms with Crippen LogP contribution in [0.3, 0.4) is 0 Å². The summed E-state index contributed by atoms with van der Waals surface area (Å²) >= 11 is 0. The van der Waals surface area contributed by atoms with E-state index < -0.39 is 11.7 Å². The van der Waals surface area contributed by atoms with E-state index in [-0.39, 0.29) is 12.2 Å². The molecule has 0 aromatic heterocycles. The van der Waals surface area contributed by atoms with Crippen molar-refractivity contribution in [2.24, 2.45) is 0 Å². The van der Waals surface area contributed by atoms with E-state index in [2.05, 4.69) is 0 Å². The summed E-state index contributed by atoms with van der Waals surface area (Å²) in [5.41, 5.74) is -0.195. The van der Waals surface area contributed by atoms with Crippen LogP contribution >= 0.6 is 0 Å². The molecule has 0 spiro atoms. The molecule has 0 aliphatic rings. The average Bonchev–Trinajstić information content (AvgIpc) is 2.40. The monoisotopic (exact) mass is 277 g/mol. The van der Waals surface area contributed by atoms with Gasteiger partial charge in [-0.2, -0.15) is 0 Å². The largest absolute Gasteiger partial charge is 0.435 e. The molecule has 0 aliphatic carbocycles. The first kappa shape index (κ1) is 16.2. The van der Waals surface area contributed by atoms with Gasteiger partial charge in [-0.1, -0.05) is 30.3 Å². The fourth-order valence-electron chi connectivity index (χ4n) is 1.82. The molecule has 0 heterocycles. The molecule has 1 amide bonds. The van der Waals surface area contributed by atoms with Crippen molar-refractivity contribution in [3.63, 3.8) is 0 Å². The summed E-state index contributed by atoms with van der Waals surface area (Å²) in [6.07, 6.45) is -0.180. The lowest BCUT2D eigenvalue weighted by Gasteiger charge is -2.27. The normalized spacial score (nSPS) is 11.0. The van der Waals surface area contributed by atoms with Crippen LogP contribution in [0.25, 0.3) is 0 Å². The minimum absolute atomic E-state index is 0.107. The zero-order valence-electron chi connectivity index (χ0n) is 12.7.